The number of nitrogens with zero attached hydrogens (tertiary/aromatic N) is 1. The second-order valence-corrected chi connectivity index (χ2v) is 4.82. The molecule has 7 nitrogen and oxygen atoms in total. The summed E-state index contributed by atoms with van der Waals surface area (Å²) in [6.45, 7) is -1.67. The van der Waals surface area contributed by atoms with E-state index >= 15 is 0 Å². The fraction of sp³-hybridized carbons (Fsp3) is 0.250. The first-order valence-electron chi connectivity index (χ1n) is 5.65. The zero-order valence-electron chi connectivity index (χ0n) is 10.7. The molecular weight excluding hydrogens is 323 g/mol. The van der Waals surface area contributed by atoms with Crippen molar-refractivity contribution in [3.63, 3.8) is 0 Å². The third-order valence-corrected chi connectivity index (χ3v) is 2.82. The van der Waals surface area contributed by atoms with Crippen LogP contribution in [-0.2, 0) is 14.4 Å². The molecule has 0 aliphatic heterocycles. The van der Waals surface area contributed by atoms with Crippen LogP contribution in [0.15, 0.2) is 18.2 Å². The summed E-state index contributed by atoms with van der Waals surface area (Å²) in [5.41, 5.74) is 4.95. The smallest absolute Gasteiger partial charge is 0.323 e. The maximum atomic E-state index is 11.8. The van der Waals surface area contributed by atoms with Gasteiger partial charge in [0, 0.05) is 11.1 Å². The number of nitrogens with two attached hydrogens (primary N) is 1. The Kier molecular flexibility index (Phi) is 6.26. The van der Waals surface area contributed by atoms with Crippen molar-refractivity contribution in [2.75, 3.05) is 19.7 Å². The van der Waals surface area contributed by atoms with E-state index in [4.69, 9.17) is 38.8 Å². The van der Waals surface area contributed by atoms with Crippen LogP contribution in [0.2, 0.25) is 10.0 Å². The molecule has 0 radical (unpaired) electrons. The molecule has 0 aromatic heterocycles. The molecule has 0 atom stereocenters. The van der Waals surface area contributed by atoms with E-state index in [1.807, 2.05) is 0 Å². The van der Waals surface area contributed by atoms with Crippen LogP contribution in [0.1, 0.15) is 0 Å². The lowest BCUT2D eigenvalue weighted by Gasteiger charge is -2.19. The van der Waals surface area contributed by atoms with Crippen LogP contribution in [-0.4, -0.2) is 47.5 Å². The number of carboxylic acid groups (broad SMARTS) is 1. The van der Waals surface area contributed by atoms with Crippen molar-refractivity contribution >= 4 is 41.0 Å². The first-order valence-corrected chi connectivity index (χ1v) is 6.41. The summed E-state index contributed by atoms with van der Waals surface area (Å²) < 4.78 is 5.17. The van der Waals surface area contributed by atoms with Crippen molar-refractivity contribution in [3.8, 4) is 5.75 Å². The Balaban J connectivity index is 2.70. The van der Waals surface area contributed by atoms with Crippen molar-refractivity contribution in [2.45, 2.75) is 0 Å². The number of rotatable bonds is 7. The Morgan fingerprint density at radius 1 is 1.24 bits per heavy atom. The number of hydrogen-bond donors (Lipinski definition) is 2. The first kappa shape index (κ1) is 17.1. The Bertz CT molecular complexity index is 549. The number of aliphatic carboxylic acids is 1. The molecule has 1 aromatic rings. The monoisotopic (exact) mass is 334 g/mol. The molecule has 0 aliphatic rings. The molecule has 21 heavy (non-hydrogen) atoms. The van der Waals surface area contributed by atoms with Crippen molar-refractivity contribution in [2.24, 2.45) is 5.73 Å². The zero-order chi connectivity index (χ0) is 16.0. The van der Waals surface area contributed by atoms with Crippen molar-refractivity contribution < 1.29 is 24.2 Å². The number of ether oxygens (including phenoxy) is 1. The van der Waals surface area contributed by atoms with Gasteiger partial charge in [0.25, 0.3) is 5.91 Å². The highest BCUT2D eigenvalue weighted by atomic mass is 35.5. The molecule has 114 valence electrons. The number of amides is 2. The van der Waals surface area contributed by atoms with E-state index < -0.39 is 37.5 Å². The van der Waals surface area contributed by atoms with E-state index in [2.05, 4.69) is 0 Å². The minimum Gasteiger partial charge on any atom is -0.482 e. The molecule has 2 amide bonds. The summed E-state index contributed by atoms with van der Waals surface area (Å²) in [6, 6.07) is 4.44. The Hall–Kier alpha value is -1.99. The Morgan fingerprint density at radius 2 is 1.90 bits per heavy atom. The van der Waals surface area contributed by atoms with Gasteiger partial charge >= 0.3 is 5.97 Å². The molecule has 0 fully saturated rings. The number of primary amides is 1. The van der Waals surface area contributed by atoms with Gasteiger partial charge in [-0.15, -0.1) is 0 Å². The third-order valence-electron chi connectivity index (χ3n) is 2.27. The topological polar surface area (TPSA) is 110 Å². The molecule has 0 heterocycles. The maximum absolute atomic E-state index is 11.8. The number of carbonyl (C=O) groups is 3. The van der Waals surface area contributed by atoms with Crippen LogP contribution >= 0.6 is 23.2 Å². The minimum atomic E-state index is -1.27. The highest BCUT2D eigenvalue weighted by Crippen LogP contribution is 2.27. The average Bonchev–Trinajstić information content (AvgIpc) is 2.37. The van der Waals surface area contributed by atoms with Gasteiger partial charge in [0.1, 0.15) is 18.8 Å². The largest absolute Gasteiger partial charge is 0.482 e. The summed E-state index contributed by atoms with van der Waals surface area (Å²) in [4.78, 5) is 34.1. The fourth-order valence-electron chi connectivity index (χ4n) is 1.40. The molecule has 0 spiro atoms. The van der Waals surface area contributed by atoms with Crippen molar-refractivity contribution in [1.82, 2.24) is 4.90 Å². The second kappa shape index (κ2) is 7.70. The molecule has 0 bridgehead atoms. The fourth-order valence-corrected chi connectivity index (χ4v) is 1.74. The third kappa shape index (κ3) is 5.88. The predicted molar refractivity (Wildman–Crippen MR) is 75.4 cm³/mol. The lowest BCUT2D eigenvalue weighted by atomic mass is 10.3. The van der Waals surface area contributed by atoms with Gasteiger partial charge in [-0.2, -0.15) is 0 Å². The lowest BCUT2D eigenvalue weighted by molar-refractivity contribution is -0.146. The summed E-state index contributed by atoms with van der Waals surface area (Å²) in [5, 5.41) is 9.29. The van der Waals surface area contributed by atoms with Crippen LogP contribution in [0.25, 0.3) is 0 Å². The normalized spacial score (nSPS) is 10.0. The van der Waals surface area contributed by atoms with Crippen LogP contribution in [0, 0.1) is 0 Å². The van der Waals surface area contributed by atoms with E-state index in [0.717, 1.165) is 4.90 Å². The number of halogens is 2. The highest BCUT2D eigenvalue weighted by Gasteiger charge is 2.19. The van der Waals surface area contributed by atoms with Gasteiger partial charge in [0.15, 0.2) is 6.61 Å². The van der Waals surface area contributed by atoms with E-state index in [1.165, 1.54) is 12.1 Å². The number of benzene rings is 1. The zero-order valence-corrected chi connectivity index (χ0v) is 12.2. The van der Waals surface area contributed by atoms with Crippen LogP contribution in [0.3, 0.4) is 0 Å². The molecule has 3 N–H and O–H groups in total. The first-order chi connectivity index (χ1) is 9.79. The van der Waals surface area contributed by atoms with Gasteiger partial charge in [-0.25, -0.2) is 0 Å². The van der Waals surface area contributed by atoms with Gasteiger partial charge in [0.2, 0.25) is 5.91 Å². The summed E-state index contributed by atoms with van der Waals surface area (Å²) in [6.07, 6.45) is 0. The molecule has 0 aliphatic carbocycles. The molecule has 0 saturated heterocycles. The molecule has 1 rings (SSSR count). The van der Waals surface area contributed by atoms with Gasteiger partial charge < -0.3 is 20.5 Å². The van der Waals surface area contributed by atoms with Crippen molar-refractivity contribution in [3.05, 3.63) is 28.2 Å². The van der Waals surface area contributed by atoms with Gasteiger partial charge in [-0.05, 0) is 12.1 Å². The molecule has 0 unspecified atom stereocenters. The van der Waals surface area contributed by atoms with Crippen LogP contribution in [0.4, 0.5) is 0 Å². The SMILES string of the molecule is NC(=O)CN(CC(=O)O)C(=O)COc1cc(Cl)ccc1Cl. The number of hydrogen-bond acceptors (Lipinski definition) is 4. The van der Waals surface area contributed by atoms with Crippen LogP contribution in [0.5, 0.6) is 5.75 Å². The molecule has 0 saturated carbocycles. The standard InChI is InChI=1S/C12H12Cl2N2O5/c13-7-1-2-8(14)9(3-7)21-6-11(18)16(4-10(15)17)5-12(19)20/h1-3H,4-6H2,(H2,15,17)(H,19,20). The lowest BCUT2D eigenvalue weighted by Crippen LogP contribution is -2.43. The number of carbonyl (C=O) groups excluding carboxylic acids is 2. The van der Waals surface area contributed by atoms with E-state index in [0.29, 0.717) is 5.02 Å². The predicted octanol–water partition coefficient (Wildman–Crippen LogP) is 0.771. The summed E-state index contributed by atoms with van der Waals surface area (Å²) >= 11 is 11.6. The van der Waals surface area contributed by atoms with Gasteiger partial charge in [-0.1, -0.05) is 23.2 Å². The quantitative estimate of drug-likeness (QED) is 0.765. The maximum Gasteiger partial charge on any atom is 0.323 e. The Labute approximate surface area is 130 Å². The average molecular weight is 335 g/mol. The molecular formula is C12H12Cl2N2O5. The second-order valence-electron chi connectivity index (χ2n) is 3.97. The minimum absolute atomic E-state index is 0.173. The van der Waals surface area contributed by atoms with Gasteiger partial charge in [0.05, 0.1) is 5.02 Å². The van der Waals surface area contributed by atoms with Crippen molar-refractivity contribution in [1.29, 1.82) is 0 Å². The number of carboxylic acids is 1. The summed E-state index contributed by atoms with van der Waals surface area (Å²) in [7, 11) is 0. The Morgan fingerprint density at radius 3 is 2.48 bits per heavy atom. The highest BCUT2D eigenvalue weighted by molar-refractivity contribution is 6.34. The summed E-state index contributed by atoms with van der Waals surface area (Å²) in [5.74, 6) is -2.64. The van der Waals surface area contributed by atoms with Gasteiger partial charge in [-0.3, -0.25) is 14.4 Å². The van der Waals surface area contributed by atoms with Crippen LogP contribution < -0.4 is 10.5 Å². The molecule has 1 aromatic carbocycles. The van der Waals surface area contributed by atoms with E-state index in [-0.39, 0.29) is 10.8 Å². The van der Waals surface area contributed by atoms with E-state index in [1.54, 1.807) is 6.07 Å². The van der Waals surface area contributed by atoms with E-state index in [9.17, 15) is 14.4 Å². The molecule has 9 heteroatoms.